The smallest absolute Gasteiger partial charge is 0.332 e. The molecule has 0 spiro atoms. The number of hydrogen-bond acceptors (Lipinski definition) is 3. The Morgan fingerprint density at radius 1 is 1.50 bits per heavy atom. The predicted molar refractivity (Wildman–Crippen MR) is 62.9 cm³/mol. The zero-order valence-electron chi connectivity index (χ0n) is 9.19. The van der Waals surface area contributed by atoms with E-state index < -0.39 is 5.97 Å². The summed E-state index contributed by atoms with van der Waals surface area (Å²) in [5, 5.41) is 11.6. The summed E-state index contributed by atoms with van der Waals surface area (Å²) in [6, 6.07) is 7.38. The highest BCUT2D eigenvalue weighted by molar-refractivity contribution is 5.86. The molecule has 16 heavy (non-hydrogen) atoms. The van der Waals surface area contributed by atoms with Gasteiger partial charge < -0.3 is 15.2 Å². The van der Waals surface area contributed by atoms with Crippen LogP contribution in [0.3, 0.4) is 0 Å². The Labute approximate surface area is 94.6 Å². The van der Waals surface area contributed by atoms with E-state index in [-0.39, 0.29) is 12.1 Å². The number of carbonyl (C=O) groups is 1. The second kappa shape index (κ2) is 5.80. The van der Waals surface area contributed by atoms with Crippen LogP contribution in [0.2, 0.25) is 0 Å². The number of nitrogens with one attached hydrogen (secondary N) is 1. The summed E-state index contributed by atoms with van der Waals surface area (Å²) in [6.45, 7) is 6.10. The lowest BCUT2D eigenvalue weighted by Crippen LogP contribution is -2.11. The standard InChI is InChI=1S/C12H15NO3/c1-3-16-11-7-5-4-6-10(11)13-8-9(2)12(14)15/h4-7,13H,2-3,8H2,1H3,(H,14,15). The van der Waals surface area contributed by atoms with E-state index in [4.69, 9.17) is 9.84 Å². The molecule has 0 radical (unpaired) electrons. The van der Waals surface area contributed by atoms with Crippen molar-refractivity contribution in [2.75, 3.05) is 18.5 Å². The lowest BCUT2D eigenvalue weighted by molar-refractivity contribution is -0.132. The normalized spacial score (nSPS) is 9.56. The van der Waals surface area contributed by atoms with E-state index >= 15 is 0 Å². The Morgan fingerprint density at radius 2 is 2.19 bits per heavy atom. The van der Waals surface area contributed by atoms with Crippen LogP contribution in [0.4, 0.5) is 5.69 Å². The van der Waals surface area contributed by atoms with E-state index in [0.717, 1.165) is 5.69 Å². The molecule has 86 valence electrons. The van der Waals surface area contributed by atoms with Gasteiger partial charge in [-0.2, -0.15) is 0 Å². The fourth-order valence-corrected chi connectivity index (χ4v) is 1.17. The van der Waals surface area contributed by atoms with Gasteiger partial charge in [0.25, 0.3) is 0 Å². The maximum atomic E-state index is 10.6. The zero-order valence-corrected chi connectivity index (χ0v) is 9.19. The lowest BCUT2D eigenvalue weighted by Gasteiger charge is -2.11. The van der Waals surface area contributed by atoms with Crippen LogP contribution in [0.25, 0.3) is 0 Å². The topological polar surface area (TPSA) is 58.6 Å². The molecule has 0 amide bonds. The average molecular weight is 221 g/mol. The molecular weight excluding hydrogens is 206 g/mol. The minimum Gasteiger partial charge on any atom is -0.492 e. The maximum absolute atomic E-state index is 10.6. The van der Waals surface area contributed by atoms with E-state index in [2.05, 4.69) is 11.9 Å². The molecule has 0 saturated heterocycles. The highest BCUT2D eigenvalue weighted by atomic mass is 16.5. The van der Waals surface area contributed by atoms with E-state index in [1.807, 2.05) is 31.2 Å². The number of para-hydroxylation sites is 2. The van der Waals surface area contributed by atoms with Crippen LogP contribution in [0, 0.1) is 0 Å². The molecule has 1 rings (SSSR count). The number of rotatable bonds is 6. The Bertz CT molecular complexity index is 388. The molecule has 1 aromatic rings. The van der Waals surface area contributed by atoms with E-state index in [9.17, 15) is 4.79 Å². The first-order chi connectivity index (χ1) is 7.65. The summed E-state index contributed by atoms with van der Waals surface area (Å²) >= 11 is 0. The van der Waals surface area contributed by atoms with Crippen LogP contribution < -0.4 is 10.1 Å². The predicted octanol–water partition coefficient (Wildman–Crippen LogP) is 2.14. The third-order valence-corrected chi connectivity index (χ3v) is 1.98. The van der Waals surface area contributed by atoms with Crippen molar-refractivity contribution >= 4 is 11.7 Å². The lowest BCUT2D eigenvalue weighted by atomic mass is 10.2. The van der Waals surface area contributed by atoms with E-state index in [1.54, 1.807) is 0 Å². The highest BCUT2D eigenvalue weighted by Crippen LogP contribution is 2.23. The number of carboxylic acids is 1. The van der Waals surface area contributed by atoms with E-state index in [1.165, 1.54) is 0 Å². The first-order valence-electron chi connectivity index (χ1n) is 5.02. The van der Waals surface area contributed by atoms with Gasteiger partial charge in [-0.15, -0.1) is 0 Å². The molecule has 0 saturated carbocycles. The van der Waals surface area contributed by atoms with Crippen LogP contribution in [0.1, 0.15) is 6.92 Å². The second-order valence-corrected chi connectivity index (χ2v) is 3.19. The summed E-state index contributed by atoms with van der Waals surface area (Å²) in [5.74, 6) is -0.287. The summed E-state index contributed by atoms with van der Waals surface area (Å²) in [7, 11) is 0. The molecule has 0 bridgehead atoms. The van der Waals surface area contributed by atoms with Gasteiger partial charge in [-0.25, -0.2) is 4.79 Å². The second-order valence-electron chi connectivity index (χ2n) is 3.19. The third-order valence-electron chi connectivity index (χ3n) is 1.98. The fourth-order valence-electron chi connectivity index (χ4n) is 1.17. The monoisotopic (exact) mass is 221 g/mol. The molecule has 0 aliphatic rings. The SMILES string of the molecule is C=C(CNc1ccccc1OCC)C(=O)O. The van der Waals surface area contributed by atoms with Gasteiger partial charge in [-0.05, 0) is 19.1 Å². The highest BCUT2D eigenvalue weighted by Gasteiger charge is 2.05. The Hall–Kier alpha value is -1.97. The summed E-state index contributed by atoms with van der Waals surface area (Å²) < 4.78 is 5.39. The van der Waals surface area contributed by atoms with Gasteiger partial charge in [0, 0.05) is 12.1 Å². The molecule has 4 nitrogen and oxygen atoms in total. The van der Waals surface area contributed by atoms with Gasteiger partial charge in [0.1, 0.15) is 5.75 Å². The Morgan fingerprint density at radius 3 is 2.81 bits per heavy atom. The number of ether oxygens (including phenoxy) is 1. The van der Waals surface area contributed by atoms with Crippen molar-refractivity contribution < 1.29 is 14.6 Å². The quantitative estimate of drug-likeness (QED) is 0.722. The summed E-state index contributed by atoms with van der Waals surface area (Å²) in [4.78, 5) is 10.6. The van der Waals surface area contributed by atoms with Crippen LogP contribution >= 0.6 is 0 Å². The molecule has 4 heteroatoms. The minimum absolute atomic E-state index is 0.117. The van der Waals surface area contributed by atoms with Crippen LogP contribution in [-0.4, -0.2) is 24.2 Å². The Balaban J connectivity index is 2.66. The molecule has 0 aromatic heterocycles. The van der Waals surface area contributed by atoms with Crippen molar-refractivity contribution in [2.45, 2.75) is 6.92 Å². The van der Waals surface area contributed by atoms with Gasteiger partial charge in [0.2, 0.25) is 0 Å². The van der Waals surface area contributed by atoms with Crippen molar-refractivity contribution in [2.24, 2.45) is 0 Å². The summed E-state index contributed by atoms with van der Waals surface area (Å²) in [5.41, 5.74) is 0.887. The molecule has 2 N–H and O–H groups in total. The molecule has 0 aliphatic carbocycles. The molecular formula is C12H15NO3. The van der Waals surface area contributed by atoms with Gasteiger partial charge in [0.05, 0.1) is 12.3 Å². The summed E-state index contributed by atoms with van der Waals surface area (Å²) in [6.07, 6.45) is 0. The first-order valence-corrected chi connectivity index (χ1v) is 5.02. The number of hydrogen-bond donors (Lipinski definition) is 2. The fraction of sp³-hybridized carbons (Fsp3) is 0.250. The molecule has 0 aliphatic heterocycles. The largest absolute Gasteiger partial charge is 0.492 e. The minimum atomic E-state index is -0.999. The average Bonchev–Trinajstić information content (AvgIpc) is 2.27. The van der Waals surface area contributed by atoms with E-state index in [0.29, 0.717) is 12.4 Å². The third kappa shape index (κ3) is 3.31. The Kier molecular flexibility index (Phi) is 4.39. The van der Waals surface area contributed by atoms with Crippen LogP contribution in [0.5, 0.6) is 5.75 Å². The number of anilines is 1. The molecule has 0 heterocycles. The molecule has 0 atom stereocenters. The number of aliphatic carboxylic acids is 1. The molecule has 0 unspecified atom stereocenters. The van der Waals surface area contributed by atoms with Crippen molar-refractivity contribution in [3.63, 3.8) is 0 Å². The van der Waals surface area contributed by atoms with Crippen molar-refractivity contribution in [1.82, 2.24) is 0 Å². The van der Waals surface area contributed by atoms with Crippen LogP contribution in [0.15, 0.2) is 36.4 Å². The van der Waals surface area contributed by atoms with Gasteiger partial charge in [-0.1, -0.05) is 18.7 Å². The molecule has 0 fully saturated rings. The number of benzene rings is 1. The van der Waals surface area contributed by atoms with Crippen molar-refractivity contribution in [3.05, 3.63) is 36.4 Å². The van der Waals surface area contributed by atoms with Crippen molar-refractivity contribution in [3.8, 4) is 5.75 Å². The van der Waals surface area contributed by atoms with Gasteiger partial charge >= 0.3 is 5.97 Å². The van der Waals surface area contributed by atoms with Gasteiger partial charge in [-0.3, -0.25) is 0 Å². The maximum Gasteiger partial charge on any atom is 0.332 e. The molecule has 1 aromatic carbocycles. The zero-order chi connectivity index (χ0) is 12.0. The van der Waals surface area contributed by atoms with Gasteiger partial charge in [0.15, 0.2) is 0 Å². The number of carboxylic acid groups (broad SMARTS) is 1. The van der Waals surface area contributed by atoms with Crippen molar-refractivity contribution in [1.29, 1.82) is 0 Å². The first kappa shape index (κ1) is 12.1. The van der Waals surface area contributed by atoms with Crippen LogP contribution in [-0.2, 0) is 4.79 Å².